The van der Waals surface area contributed by atoms with Crippen molar-refractivity contribution in [2.45, 2.75) is 25.2 Å². The summed E-state index contributed by atoms with van der Waals surface area (Å²) in [6.07, 6.45) is 2.13. The van der Waals surface area contributed by atoms with Gasteiger partial charge in [-0.3, -0.25) is 13.9 Å². The van der Waals surface area contributed by atoms with Crippen molar-refractivity contribution in [3.05, 3.63) is 70.0 Å². The summed E-state index contributed by atoms with van der Waals surface area (Å²) in [4.78, 5) is 41.6. The molecule has 0 aliphatic carbocycles. The molecule has 0 bridgehead atoms. The average molecular weight is 555 g/mol. The van der Waals surface area contributed by atoms with Crippen LogP contribution in [0.3, 0.4) is 0 Å². The van der Waals surface area contributed by atoms with Gasteiger partial charge in [0, 0.05) is 10.9 Å². The molecule has 0 radical (unpaired) electrons. The molecule has 2 aromatic rings. The van der Waals surface area contributed by atoms with E-state index in [4.69, 9.17) is 8.92 Å². The molecule has 1 N–H and O–H groups in total. The van der Waals surface area contributed by atoms with Crippen molar-refractivity contribution in [2.75, 3.05) is 19.9 Å². The molecule has 1 aromatic carbocycles. The number of nitrogens with one attached hydrogen (secondary N) is 1. The van der Waals surface area contributed by atoms with Gasteiger partial charge in [0.2, 0.25) is 0 Å². The fourth-order valence-electron chi connectivity index (χ4n) is 3.37. The van der Waals surface area contributed by atoms with E-state index in [1.165, 1.54) is 30.2 Å². The fraction of sp³-hybridized carbons (Fsp3) is 0.318. The van der Waals surface area contributed by atoms with Crippen molar-refractivity contribution in [3.8, 4) is 0 Å². The molecule has 182 valence electrons. The van der Waals surface area contributed by atoms with Gasteiger partial charge < -0.3 is 14.5 Å². The zero-order chi connectivity index (χ0) is 24.9. The third-order valence-corrected chi connectivity index (χ3v) is 6.13. The highest BCUT2D eigenvalue weighted by molar-refractivity contribution is 9.10. The van der Waals surface area contributed by atoms with Crippen molar-refractivity contribution >= 4 is 43.9 Å². The highest BCUT2D eigenvalue weighted by Crippen LogP contribution is 2.24. The monoisotopic (exact) mass is 554 g/mol. The van der Waals surface area contributed by atoms with E-state index in [0.717, 1.165) is 11.8 Å². The Morgan fingerprint density at radius 1 is 1.18 bits per heavy atom. The SMILES string of the molecule is COC(=O)c1cc(Br)c(C(=O)C[C@H]2C=C[C@H](OS(C)(=O)=O)CN2C(=O)OCc2ccccc2)[nH]1. The number of ether oxygens (including phenoxy) is 2. The zero-order valence-corrected chi connectivity index (χ0v) is 20.8. The molecule has 0 spiro atoms. The minimum Gasteiger partial charge on any atom is -0.464 e. The molecule has 0 saturated carbocycles. The standard InChI is InChI=1S/C22H23BrN2O8S/c1-31-21(27)18-11-17(23)20(24-18)19(26)10-15-8-9-16(33-34(2,29)30)12-25(15)22(28)32-13-14-6-4-3-5-7-14/h3-9,11,15-16,24H,10,12-13H2,1-2H3/t15-,16+/m1/s1. The highest BCUT2D eigenvalue weighted by Gasteiger charge is 2.33. The molecular formula is C22H23BrN2O8S. The summed E-state index contributed by atoms with van der Waals surface area (Å²) in [6.45, 7) is -0.128. The second kappa shape index (κ2) is 11.0. The Labute approximate surface area is 205 Å². The number of benzene rings is 1. The molecule has 10 nitrogen and oxygen atoms in total. The first-order chi connectivity index (χ1) is 16.1. The second-order valence-electron chi connectivity index (χ2n) is 7.51. The average Bonchev–Trinajstić information content (AvgIpc) is 3.19. The van der Waals surface area contributed by atoms with Crippen molar-refractivity contribution in [1.82, 2.24) is 9.88 Å². The van der Waals surface area contributed by atoms with Gasteiger partial charge in [-0.2, -0.15) is 8.42 Å². The Hall–Kier alpha value is -2.96. The molecule has 3 rings (SSSR count). The summed E-state index contributed by atoms with van der Waals surface area (Å²) < 4.78 is 38.5. The number of ketones is 1. The summed E-state index contributed by atoms with van der Waals surface area (Å²) in [6, 6.07) is 9.73. The van der Waals surface area contributed by atoms with Crippen LogP contribution in [0.4, 0.5) is 4.79 Å². The Balaban J connectivity index is 1.78. The maximum atomic E-state index is 13.0. The minimum absolute atomic E-state index is 0.00280. The van der Waals surface area contributed by atoms with E-state index >= 15 is 0 Å². The van der Waals surface area contributed by atoms with E-state index in [1.54, 1.807) is 24.3 Å². The maximum absolute atomic E-state index is 13.0. The number of hydrogen-bond donors (Lipinski definition) is 1. The molecule has 2 atom stereocenters. The molecule has 34 heavy (non-hydrogen) atoms. The number of H-pyrrole nitrogens is 1. The molecule has 0 fully saturated rings. The van der Waals surface area contributed by atoms with Gasteiger partial charge in [0.25, 0.3) is 10.1 Å². The number of methoxy groups -OCH3 is 1. The second-order valence-corrected chi connectivity index (χ2v) is 9.96. The normalized spacial score (nSPS) is 17.9. The predicted molar refractivity (Wildman–Crippen MR) is 125 cm³/mol. The van der Waals surface area contributed by atoms with Crippen molar-refractivity contribution in [2.24, 2.45) is 0 Å². The number of aromatic nitrogens is 1. The van der Waals surface area contributed by atoms with Crippen LogP contribution in [0.5, 0.6) is 0 Å². The Bertz CT molecular complexity index is 1190. The van der Waals surface area contributed by atoms with Gasteiger partial charge in [-0.1, -0.05) is 42.5 Å². The lowest BCUT2D eigenvalue weighted by Crippen LogP contribution is -2.48. The lowest BCUT2D eigenvalue weighted by molar-refractivity contribution is 0.0594. The van der Waals surface area contributed by atoms with Gasteiger partial charge in [0.15, 0.2) is 5.78 Å². The maximum Gasteiger partial charge on any atom is 0.410 e. The van der Waals surface area contributed by atoms with E-state index in [-0.39, 0.29) is 36.7 Å². The van der Waals surface area contributed by atoms with Crippen LogP contribution in [-0.2, 0) is 30.4 Å². The largest absolute Gasteiger partial charge is 0.464 e. The number of carbonyl (C=O) groups is 3. The van der Waals surface area contributed by atoms with Crippen LogP contribution in [0, 0.1) is 0 Å². The number of carbonyl (C=O) groups excluding carboxylic acids is 3. The smallest absolute Gasteiger partial charge is 0.410 e. The van der Waals surface area contributed by atoms with Gasteiger partial charge in [-0.25, -0.2) is 9.59 Å². The number of Topliss-reactive ketones (excluding diaryl/α,β-unsaturated/α-hetero) is 1. The molecule has 0 saturated heterocycles. The number of esters is 1. The fourth-order valence-corrected chi connectivity index (χ4v) is 4.49. The first kappa shape index (κ1) is 25.7. The molecule has 0 unspecified atom stereocenters. The van der Waals surface area contributed by atoms with E-state index in [0.29, 0.717) is 4.47 Å². The predicted octanol–water partition coefficient (Wildman–Crippen LogP) is 3.06. The zero-order valence-electron chi connectivity index (χ0n) is 18.4. The van der Waals surface area contributed by atoms with E-state index in [1.807, 2.05) is 6.07 Å². The first-order valence-corrected chi connectivity index (χ1v) is 12.7. The summed E-state index contributed by atoms with van der Waals surface area (Å²) >= 11 is 3.25. The quantitative estimate of drug-likeness (QED) is 0.228. The summed E-state index contributed by atoms with van der Waals surface area (Å²) in [5, 5.41) is 0. The molecule has 1 amide bonds. The van der Waals surface area contributed by atoms with Crippen LogP contribution in [0.15, 0.2) is 53.0 Å². The van der Waals surface area contributed by atoms with Crippen molar-refractivity contribution < 1.29 is 36.5 Å². The Morgan fingerprint density at radius 2 is 1.88 bits per heavy atom. The van der Waals surface area contributed by atoms with E-state index in [9.17, 15) is 22.8 Å². The van der Waals surface area contributed by atoms with Gasteiger partial charge in [-0.05, 0) is 27.6 Å². The van der Waals surface area contributed by atoms with E-state index < -0.39 is 34.3 Å². The molecule has 1 aliphatic rings. The van der Waals surface area contributed by atoms with E-state index in [2.05, 4.69) is 25.7 Å². The van der Waals surface area contributed by atoms with Gasteiger partial charge in [-0.15, -0.1) is 0 Å². The van der Waals surface area contributed by atoms with Crippen LogP contribution in [0.1, 0.15) is 33.0 Å². The summed E-state index contributed by atoms with van der Waals surface area (Å²) in [5.41, 5.74) is 1.00. The van der Waals surface area contributed by atoms with Gasteiger partial charge >= 0.3 is 12.1 Å². The number of rotatable bonds is 8. The molecule has 12 heteroatoms. The topological polar surface area (TPSA) is 132 Å². The van der Waals surface area contributed by atoms with Gasteiger partial charge in [0.05, 0.1) is 31.6 Å². The Morgan fingerprint density at radius 3 is 2.53 bits per heavy atom. The van der Waals surface area contributed by atoms with Crippen LogP contribution < -0.4 is 0 Å². The third-order valence-electron chi connectivity index (χ3n) is 4.91. The number of hydrogen-bond acceptors (Lipinski definition) is 8. The van der Waals surface area contributed by atoms with Crippen molar-refractivity contribution in [1.29, 1.82) is 0 Å². The Kier molecular flexibility index (Phi) is 8.28. The molecular weight excluding hydrogens is 532 g/mol. The van der Waals surface area contributed by atoms with Crippen LogP contribution >= 0.6 is 15.9 Å². The van der Waals surface area contributed by atoms with Crippen LogP contribution in [0.25, 0.3) is 0 Å². The van der Waals surface area contributed by atoms with Crippen LogP contribution in [-0.4, -0.2) is 68.2 Å². The number of aromatic amines is 1. The van der Waals surface area contributed by atoms with Gasteiger partial charge in [0.1, 0.15) is 18.4 Å². The third kappa shape index (κ3) is 6.78. The molecule has 1 aliphatic heterocycles. The number of amides is 1. The summed E-state index contributed by atoms with van der Waals surface area (Å²) in [5.74, 6) is -1.02. The molecule has 1 aromatic heterocycles. The highest BCUT2D eigenvalue weighted by atomic mass is 79.9. The summed E-state index contributed by atoms with van der Waals surface area (Å²) in [7, 11) is -2.56. The van der Waals surface area contributed by atoms with Crippen LogP contribution in [0.2, 0.25) is 0 Å². The lowest BCUT2D eigenvalue weighted by Gasteiger charge is -2.34. The number of nitrogens with zero attached hydrogens (tertiary/aromatic N) is 1. The molecule has 2 heterocycles. The lowest BCUT2D eigenvalue weighted by atomic mass is 10.0. The van der Waals surface area contributed by atoms with Crippen molar-refractivity contribution in [3.63, 3.8) is 0 Å². The number of halogens is 1. The first-order valence-electron chi connectivity index (χ1n) is 10.1. The minimum atomic E-state index is -3.78.